The first kappa shape index (κ1) is 11.2. The fourth-order valence-electron chi connectivity index (χ4n) is 0.982. The Morgan fingerprint density at radius 2 is 2.13 bits per heavy atom. The number of alkyl halides is 2. The minimum Gasteiger partial charge on any atom is -0.480 e. The maximum absolute atomic E-state index is 11.9. The van der Waals surface area contributed by atoms with E-state index in [4.69, 9.17) is 5.11 Å². The highest BCUT2D eigenvalue weighted by Gasteiger charge is 2.09. The molecule has 0 spiro atoms. The minimum atomic E-state index is -2.93. The van der Waals surface area contributed by atoms with Crippen molar-refractivity contribution in [1.82, 2.24) is 0 Å². The molecule has 0 fully saturated rings. The van der Waals surface area contributed by atoms with Gasteiger partial charge in [-0.25, -0.2) is 0 Å². The Hall–Kier alpha value is -1.85. The van der Waals surface area contributed by atoms with E-state index in [1.807, 2.05) is 0 Å². The number of carboxylic acids is 1. The topological polar surface area (TPSA) is 58.6 Å². The molecule has 1 aromatic rings. The number of halogens is 2. The Labute approximate surface area is 84.5 Å². The van der Waals surface area contributed by atoms with Crippen LogP contribution in [0.2, 0.25) is 0 Å². The molecule has 0 atom stereocenters. The molecule has 6 heteroatoms. The van der Waals surface area contributed by atoms with E-state index < -0.39 is 12.6 Å². The molecule has 0 heterocycles. The zero-order chi connectivity index (χ0) is 11.3. The molecule has 0 aliphatic rings. The molecule has 0 aromatic heterocycles. The van der Waals surface area contributed by atoms with Gasteiger partial charge < -0.3 is 15.2 Å². The summed E-state index contributed by atoms with van der Waals surface area (Å²) in [6, 6.07) is 5.89. The van der Waals surface area contributed by atoms with Crippen LogP contribution >= 0.6 is 0 Å². The summed E-state index contributed by atoms with van der Waals surface area (Å²) < 4.78 is 28.1. The second kappa shape index (κ2) is 5.14. The fourth-order valence-corrected chi connectivity index (χ4v) is 0.982. The Morgan fingerprint density at radius 1 is 1.47 bits per heavy atom. The largest absolute Gasteiger partial charge is 0.480 e. The SMILES string of the molecule is O=C(O)CNc1ccccc1OC(F)F. The molecule has 4 nitrogen and oxygen atoms in total. The number of carboxylic acid groups (broad SMARTS) is 1. The van der Waals surface area contributed by atoms with E-state index in [2.05, 4.69) is 10.1 Å². The molecule has 0 bridgehead atoms. The Bertz CT molecular complexity index is 344. The summed E-state index contributed by atoms with van der Waals surface area (Å²) in [5.74, 6) is -1.16. The van der Waals surface area contributed by atoms with Gasteiger partial charge in [-0.2, -0.15) is 8.78 Å². The molecule has 0 aliphatic carbocycles. The molecular weight excluding hydrogens is 208 g/mol. The Kier molecular flexibility index (Phi) is 3.84. The number of hydrogen-bond donors (Lipinski definition) is 2. The molecule has 1 aromatic carbocycles. The number of aliphatic carboxylic acids is 1. The van der Waals surface area contributed by atoms with Crippen LogP contribution in [-0.2, 0) is 4.79 Å². The van der Waals surface area contributed by atoms with E-state index >= 15 is 0 Å². The van der Waals surface area contributed by atoms with E-state index in [0.717, 1.165) is 0 Å². The van der Waals surface area contributed by atoms with Gasteiger partial charge in [-0.15, -0.1) is 0 Å². The average Bonchev–Trinajstić information content (AvgIpc) is 2.15. The number of rotatable bonds is 5. The second-order valence-corrected chi connectivity index (χ2v) is 2.62. The van der Waals surface area contributed by atoms with Crippen molar-refractivity contribution in [3.05, 3.63) is 24.3 Å². The van der Waals surface area contributed by atoms with Crippen LogP contribution in [0.25, 0.3) is 0 Å². The molecule has 0 saturated carbocycles. The number of nitrogens with one attached hydrogen (secondary N) is 1. The molecule has 0 radical (unpaired) electrons. The fraction of sp³-hybridized carbons (Fsp3) is 0.222. The van der Waals surface area contributed by atoms with Gasteiger partial charge >= 0.3 is 12.6 Å². The molecule has 0 amide bonds. The Balaban J connectivity index is 2.72. The van der Waals surface area contributed by atoms with E-state index in [9.17, 15) is 13.6 Å². The summed E-state index contributed by atoms with van der Waals surface area (Å²) >= 11 is 0. The third-order valence-corrected chi connectivity index (χ3v) is 1.53. The first-order valence-corrected chi connectivity index (χ1v) is 4.09. The summed E-state index contributed by atoms with van der Waals surface area (Å²) in [6.45, 7) is -3.29. The molecule has 82 valence electrons. The predicted molar refractivity (Wildman–Crippen MR) is 49.2 cm³/mol. The quantitative estimate of drug-likeness (QED) is 0.789. The maximum Gasteiger partial charge on any atom is 0.387 e. The lowest BCUT2D eigenvalue weighted by atomic mass is 10.3. The van der Waals surface area contributed by atoms with Crippen LogP contribution in [0, 0.1) is 0 Å². The van der Waals surface area contributed by atoms with Crippen LogP contribution in [0.15, 0.2) is 24.3 Å². The van der Waals surface area contributed by atoms with Crippen LogP contribution in [0.1, 0.15) is 0 Å². The zero-order valence-electron chi connectivity index (χ0n) is 7.61. The van der Waals surface area contributed by atoms with Crippen LogP contribution in [-0.4, -0.2) is 24.2 Å². The zero-order valence-corrected chi connectivity index (χ0v) is 7.61. The lowest BCUT2D eigenvalue weighted by Crippen LogP contribution is -2.13. The molecule has 15 heavy (non-hydrogen) atoms. The third-order valence-electron chi connectivity index (χ3n) is 1.53. The molecular formula is C9H9F2NO3. The molecule has 0 saturated heterocycles. The number of ether oxygens (including phenoxy) is 1. The van der Waals surface area contributed by atoms with Gasteiger partial charge in [-0.1, -0.05) is 12.1 Å². The van der Waals surface area contributed by atoms with Crippen LogP contribution < -0.4 is 10.1 Å². The molecule has 1 rings (SSSR count). The van der Waals surface area contributed by atoms with Gasteiger partial charge in [0.2, 0.25) is 0 Å². The van der Waals surface area contributed by atoms with Crippen LogP contribution in [0.4, 0.5) is 14.5 Å². The normalized spacial score (nSPS) is 10.1. The highest BCUT2D eigenvalue weighted by molar-refractivity contribution is 5.73. The highest BCUT2D eigenvalue weighted by atomic mass is 19.3. The average molecular weight is 217 g/mol. The van der Waals surface area contributed by atoms with Gasteiger partial charge in [0, 0.05) is 0 Å². The number of benzene rings is 1. The van der Waals surface area contributed by atoms with Crippen LogP contribution in [0.5, 0.6) is 5.75 Å². The standard InChI is InChI=1S/C9H9F2NO3/c10-9(11)15-7-4-2-1-3-6(7)12-5-8(13)14/h1-4,9,12H,5H2,(H,13,14). The van der Waals surface area contributed by atoms with Gasteiger partial charge in [0.15, 0.2) is 0 Å². The first-order chi connectivity index (χ1) is 7.09. The maximum atomic E-state index is 11.9. The number of anilines is 1. The van der Waals surface area contributed by atoms with Crippen molar-refractivity contribution < 1.29 is 23.4 Å². The van der Waals surface area contributed by atoms with Crippen molar-refractivity contribution in [1.29, 1.82) is 0 Å². The summed E-state index contributed by atoms with van der Waals surface area (Å²) in [5.41, 5.74) is 0.222. The van der Waals surface area contributed by atoms with E-state index in [0.29, 0.717) is 0 Å². The molecule has 0 aliphatic heterocycles. The predicted octanol–water partition coefficient (Wildman–Crippen LogP) is 1.78. The highest BCUT2D eigenvalue weighted by Crippen LogP contribution is 2.24. The van der Waals surface area contributed by atoms with Crippen molar-refractivity contribution in [2.24, 2.45) is 0 Å². The summed E-state index contributed by atoms with van der Waals surface area (Å²) in [7, 11) is 0. The lowest BCUT2D eigenvalue weighted by molar-refractivity contribution is -0.134. The van der Waals surface area contributed by atoms with Crippen molar-refractivity contribution in [2.75, 3.05) is 11.9 Å². The van der Waals surface area contributed by atoms with Crippen LogP contribution in [0.3, 0.4) is 0 Å². The van der Waals surface area contributed by atoms with E-state index in [-0.39, 0.29) is 18.0 Å². The first-order valence-electron chi connectivity index (χ1n) is 4.09. The minimum absolute atomic E-state index is 0.0752. The summed E-state index contributed by atoms with van der Waals surface area (Å²) in [5, 5.41) is 10.9. The number of hydrogen-bond acceptors (Lipinski definition) is 3. The van der Waals surface area contributed by atoms with E-state index in [1.54, 1.807) is 6.07 Å². The van der Waals surface area contributed by atoms with Crippen molar-refractivity contribution in [3.8, 4) is 5.75 Å². The molecule has 2 N–H and O–H groups in total. The monoisotopic (exact) mass is 217 g/mol. The smallest absolute Gasteiger partial charge is 0.387 e. The van der Waals surface area contributed by atoms with Gasteiger partial charge in [-0.3, -0.25) is 4.79 Å². The van der Waals surface area contributed by atoms with Crippen molar-refractivity contribution in [3.63, 3.8) is 0 Å². The van der Waals surface area contributed by atoms with Gasteiger partial charge in [0.05, 0.1) is 5.69 Å². The van der Waals surface area contributed by atoms with Gasteiger partial charge in [0.25, 0.3) is 0 Å². The lowest BCUT2D eigenvalue weighted by Gasteiger charge is -2.10. The summed E-state index contributed by atoms with van der Waals surface area (Å²) in [4.78, 5) is 10.3. The Morgan fingerprint density at radius 3 is 2.73 bits per heavy atom. The number of para-hydroxylation sites is 2. The summed E-state index contributed by atoms with van der Waals surface area (Å²) in [6.07, 6.45) is 0. The van der Waals surface area contributed by atoms with Gasteiger partial charge in [0.1, 0.15) is 12.3 Å². The van der Waals surface area contributed by atoms with Gasteiger partial charge in [-0.05, 0) is 12.1 Å². The van der Waals surface area contributed by atoms with E-state index in [1.165, 1.54) is 18.2 Å². The van der Waals surface area contributed by atoms with Crippen molar-refractivity contribution in [2.45, 2.75) is 6.61 Å². The third kappa shape index (κ3) is 3.80. The number of carbonyl (C=O) groups is 1. The van der Waals surface area contributed by atoms with Crippen molar-refractivity contribution >= 4 is 11.7 Å². The second-order valence-electron chi connectivity index (χ2n) is 2.62. The molecule has 0 unspecified atom stereocenters.